The van der Waals surface area contributed by atoms with Gasteiger partial charge in [0.25, 0.3) is 0 Å². The van der Waals surface area contributed by atoms with Gasteiger partial charge in [-0.3, -0.25) is 0 Å². The van der Waals surface area contributed by atoms with Crippen LogP contribution in [0.3, 0.4) is 0 Å². The van der Waals surface area contributed by atoms with Crippen molar-refractivity contribution in [2.24, 2.45) is 0 Å². The van der Waals surface area contributed by atoms with E-state index in [1.165, 1.54) is 0 Å². The third-order valence-electron chi connectivity index (χ3n) is 1.35. The van der Waals surface area contributed by atoms with Crippen molar-refractivity contribution >= 4 is 0 Å². The Kier molecular flexibility index (Phi) is 1.07. The minimum atomic E-state index is 0.921. The average Bonchev–Trinajstić information content (AvgIpc) is 2.59. The molecule has 3 nitrogen and oxygen atoms in total. The number of hydrogen-bond donors (Lipinski definition) is 1. The van der Waals surface area contributed by atoms with E-state index in [-0.39, 0.29) is 0 Å². The predicted octanol–water partition coefficient (Wildman–Crippen LogP) is 1.20. The fraction of sp³-hybridized carbons (Fsp3) is 0. The molecule has 3 heteroatoms. The van der Waals surface area contributed by atoms with Crippen LogP contribution in [0.5, 0.6) is 0 Å². The Bertz CT molecular complexity index is 248. The molecule has 0 spiro atoms. The highest BCUT2D eigenvalue weighted by Crippen LogP contribution is 2.00. The maximum atomic E-state index is 4.07. The summed E-state index contributed by atoms with van der Waals surface area (Å²) >= 11 is 0. The van der Waals surface area contributed by atoms with Crippen molar-refractivity contribution in [1.29, 1.82) is 0 Å². The third-order valence-corrected chi connectivity index (χ3v) is 1.35. The molecule has 0 saturated heterocycles. The van der Waals surface area contributed by atoms with E-state index in [1.54, 1.807) is 6.33 Å². The van der Waals surface area contributed by atoms with Gasteiger partial charge in [0, 0.05) is 18.6 Å². The molecule has 10 heavy (non-hydrogen) atoms. The molecule has 0 aliphatic heterocycles. The van der Waals surface area contributed by atoms with Gasteiger partial charge in [-0.2, -0.15) is 0 Å². The first-order chi connectivity index (χ1) is 4.97. The quantitative estimate of drug-likeness (QED) is 0.623. The predicted molar refractivity (Wildman–Crippen MR) is 37.9 cm³/mol. The molecule has 2 aromatic rings. The Labute approximate surface area is 58.3 Å². The summed E-state index contributed by atoms with van der Waals surface area (Å²) in [5.74, 6) is 0.921. The van der Waals surface area contributed by atoms with E-state index >= 15 is 0 Å². The number of hydrogen-bond acceptors (Lipinski definition) is 1. The third kappa shape index (κ3) is 0.719. The van der Waals surface area contributed by atoms with E-state index in [9.17, 15) is 0 Å². The van der Waals surface area contributed by atoms with E-state index in [0.29, 0.717) is 0 Å². The zero-order valence-electron chi connectivity index (χ0n) is 5.36. The first kappa shape index (κ1) is 5.29. The van der Waals surface area contributed by atoms with E-state index in [1.807, 2.05) is 35.3 Å². The lowest BCUT2D eigenvalue weighted by atomic mass is 10.7. The summed E-state index contributed by atoms with van der Waals surface area (Å²) in [6.07, 6.45) is 7.42. The molecule has 0 fully saturated rings. The molecule has 0 radical (unpaired) electrons. The maximum Gasteiger partial charge on any atom is 0.154 e. The molecule has 0 aromatic carbocycles. The summed E-state index contributed by atoms with van der Waals surface area (Å²) < 4.78 is 1.94. The van der Waals surface area contributed by atoms with Crippen LogP contribution in [0.2, 0.25) is 0 Å². The molecule has 50 valence electrons. The smallest absolute Gasteiger partial charge is 0.154 e. The van der Waals surface area contributed by atoms with Crippen LogP contribution in [0.4, 0.5) is 0 Å². The molecule has 2 heterocycles. The molecule has 0 bridgehead atoms. The van der Waals surface area contributed by atoms with Crippen LogP contribution in [0.15, 0.2) is 37.1 Å². The van der Waals surface area contributed by atoms with Crippen LogP contribution in [-0.2, 0) is 0 Å². The van der Waals surface area contributed by atoms with Crippen molar-refractivity contribution in [1.82, 2.24) is 14.5 Å². The normalized spacial score (nSPS) is 10.0. The number of imidazole rings is 1. The van der Waals surface area contributed by atoms with Crippen molar-refractivity contribution < 1.29 is 0 Å². The monoisotopic (exact) mass is 133 g/mol. The lowest BCUT2D eigenvalue weighted by molar-refractivity contribution is 1.03. The van der Waals surface area contributed by atoms with E-state index < -0.39 is 0 Å². The van der Waals surface area contributed by atoms with Crippen molar-refractivity contribution in [3.05, 3.63) is 37.1 Å². The van der Waals surface area contributed by atoms with Gasteiger partial charge in [-0.1, -0.05) is 0 Å². The van der Waals surface area contributed by atoms with E-state index in [0.717, 1.165) is 5.82 Å². The Morgan fingerprint density at radius 3 is 2.70 bits per heavy atom. The molecule has 1 N–H and O–H groups in total. The van der Waals surface area contributed by atoms with Crippen molar-refractivity contribution in [3.8, 4) is 5.82 Å². The second-order valence-electron chi connectivity index (χ2n) is 2.02. The van der Waals surface area contributed by atoms with Gasteiger partial charge in [-0.15, -0.1) is 0 Å². The highest BCUT2D eigenvalue weighted by atomic mass is 15.1. The molecular weight excluding hydrogens is 126 g/mol. The Morgan fingerprint density at radius 1 is 1.30 bits per heavy atom. The van der Waals surface area contributed by atoms with Crippen LogP contribution in [0.1, 0.15) is 0 Å². The number of H-pyrrole nitrogens is 1. The molecule has 0 atom stereocenters. The van der Waals surface area contributed by atoms with Gasteiger partial charge >= 0.3 is 0 Å². The molecule has 2 aromatic heterocycles. The number of nitrogens with zero attached hydrogens (tertiary/aromatic N) is 2. The van der Waals surface area contributed by atoms with Gasteiger partial charge in [0.15, 0.2) is 5.82 Å². The molecule has 0 saturated carbocycles. The van der Waals surface area contributed by atoms with E-state index in [2.05, 4.69) is 9.97 Å². The lowest BCUT2D eigenvalue weighted by Crippen LogP contribution is -1.87. The number of rotatable bonds is 1. The number of aromatic amines is 1. The zero-order chi connectivity index (χ0) is 6.81. The SMILES string of the molecule is c1ccn(-c2c[nH]cn2)c1. The van der Waals surface area contributed by atoms with Crippen molar-refractivity contribution in [3.63, 3.8) is 0 Å². The molecule has 0 unspecified atom stereocenters. The Hall–Kier alpha value is -1.51. The molecule has 0 aliphatic carbocycles. The fourth-order valence-electron chi connectivity index (χ4n) is 0.881. The molecule has 0 amide bonds. The van der Waals surface area contributed by atoms with Crippen LogP contribution in [-0.4, -0.2) is 14.5 Å². The summed E-state index contributed by atoms with van der Waals surface area (Å²) in [6.45, 7) is 0. The lowest BCUT2D eigenvalue weighted by Gasteiger charge is -1.92. The minimum Gasteiger partial charge on any atom is -0.349 e. The Balaban J connectivity index is 2.48. The summed E-state index contributed by atoms with van der Waals surface area (Å²) in [5.41, 5.74) is 0. The van der Waals surface area contributed by atoms with Crippen molar-refractivity contribution in [2.75, 3.05) is 0 Å². The topological polar surface area (TPSA) is 33.6 Å². The number of aromatic nitrogens is 3. The summed E-state index contributed by atoms with van der Waals surface area (Å²) in [6, 6.07) is 3.93. The van der Waals surface area contributed by atoms with Gasteiger partial charge in [-0.25, -0.2) is 4.98 Å². The summed E-state index contributed by atoms with van der Waals surface area (Å²) in [5, 5.41) is 0. The average molecular weight is 133 g/mol. The zero-order valence-corrected chi connectivity index (χ0v) is 5.36. The number of nitrogens with one attached hydrogen (secondary N) is 1. The fourth-order valence-corrected chi connectivity index (χ4v) is 0.881. The standard InChI is InChI=1S/C7H7N3/c1-2-4-10(3-1)7-5-8-6-9-7/h1-6H,(H,8,9). The maximum absolute atomic E-state index is 4.07. The molecule has 0 aliphatic rings. The molecular formula is C7H7N3. The van der Waals surface area contributed by atoms with Crippen LogP contribution in [0, 0.1) is 0 Å². The van der Waals surface area contributed by atoms with Gasteiger partial charge in [0.2, 0.25) is 0 Å². The van der Waals surface area contributed by atoms with Gasteiger partial charge < -0.3 is 9.55 Å². The Morgan fingerprint density at radius 2 is 2.10 bits per heavy atom. The first-order valence-corrected chi connectivity index (χ1v) is 3.09. The van der Waals surface area contributed by atoms with Crippen LogP contribution >= 0.6 is 0 Å². The summed E-state index contributed by atoms with van der Waals surface area (Å²) in [7, 11) is 0. The highest BCUT2D eigenvalue weighted by molar-refractivity contribution is 5.18. The second kappa shape index (κ2) is 2.02. The van der Waals surface area contributed by atoms with Crippen molar-refractivity contribution in [2.45, 2.75) is 0 Å². The first-order valence-electron chi connectivity index (χ1n) is 3.09. The largest absolute Gasteiger partial charge is 0.349 e. The van der Waals surface area contributed by atoms with Crippen LogP contribution in [0.25, 0.3) is 5.82 Å². The second-order valence-corrected chi connectivity index (χ2v) is 2.02. The van der Waals surface area contributed by atoms with Gasteiger partial charge in [-0.05, 0) is 12.1 Å². The minimum absolute atomic E-state index is 0.921. The highest BCUT2D eigenvalue weighted by Gasteiger charge is 1.92. The molecule has 2 rings (SSSR count). The summed E-state index contributed by atoms with van der Waals surface area (Å²) in [4.78, 5) is 6.95. The van der Waals surface area contributed by atoms with Crippen LogP contribution < -0.4 is 0 Å². The van der Waals surface area contributed by atoms with Gasteiger partial charge in [0.1, 0.15) is 0 Å². The van der Waals surface area contributed by atoms with E-state index in [4.69, 9.17) is 0 Å². The van der Waals surface area contributed by atoms with Gasteiger partial charge in [0.05, 0.1) is 6.33 Å².